The fourth-order valence-corrected chi connectivity index (χ4v) is 8.36. The highest BCUT2D eigenvalue weighted by atomic mass is 16.5. The molecule has 61 heavy (non-hydrogen) atoms. The van der Waals surface area contributed by atoms with Gasteiger partial charge < -0.3 is 20.3 Å². The van der Waals surface area contributed by atoms with E-state index in [0.29, 0.717) is 19.3 Å². The molecule has 0 aromatic heterocycles. The molecular formula is C55H105NO5. The summed E-state index contributed by atoms with van der Waals surface area (Å²) in [5.74, 6) is -0.488. The van der Waals surface area contributed by atoms with Crippen molar-refractivity contribution in [3.05, 3.63) is 24.3 Å². The van der Waals surface area contributed by atoms with Gasteiger partial charge in [0.1, 0.15) is 6.10 Å². The average Bonchev–Trinajstić information content (AvgIpc) is 3.25. The standard InChI is InChI=1S/C55H105NO5/c1-4-7-10-13-16-19-22-25-27-29-31-34-37-40-43-46-51(61-55(60)48-45-42-39-36-33-30-26-23-20-17-14-11-8-5-2)49-54(59)56-52(50-57)53(58)47-44-41-38-35-32-28-24-21-18-15-12-9-6-3/h25,27,30,33,51-53,57-58H,4-24,26,28-29,31-32,34-50H2,1-3H3,(H,56,59)/b27-25+,33-30-. The predicted molar refractivity (Wildman–Crippen MR) is 264 cm³/mol. The quantitative estimate of drug-likeness (QED) is 0.0322. The molecule has 0 radical (unpaired) electrons. The van der Waals surface area contributed by atoms with Crippen LogP contribution in [0, 0.1) is 0 Å². The van der Waals surface area contributed by atoms with Crippen molar-refractivity contribution in [3.63, 3.8) is 0 Å². The smallest absolute Gasteiger partial charge is 0.306 e. The van der Waals surface area contributed by atoms with Gasteiger partial charge in [0.25, 0.3) is 0 Å². The second-order valence-corrected chi connectivity index (χ2v) is 18.6. The molecule has 3 atom stereocenters. The zero-order valence-corrected chi connectivity index (χ0v) is 41.1. The Morgan fingerprint density at radius 2 is 0.787 bits per heavy atom. The van der Waals surface area contributed by atoms with Crippen molar-refractivity contribution in [2.24, 2.45) is 0 Å². The van der Waals surface area contributed by atoms with Gasteiger partial charge in [-0.2, -0.15) is 0 Å². The van der Waals surface area contributed by atoms with Crippen LogP contribution in [0.25, 0.3) is 0 Å². The summed E-state index contributed by atoms with van der Waals surface area (Å²) >= 11 is 0. The summed E-state index contributed by atoms with van der Waals surface area (Å²) in [6, 6.07) is -0.703. The Morgan fingerprint density at radius 1 is 0.459 bits per heavy atom. The average molecular weight is 860 g/mol. The van der Waals surface area contributed by atoms with Crippen LogP contribution < -0.4 is 5.32 Å². The number of aliphatic hydroxyl groups is 2. The van der Waals surface area contributed by atoms with Gasteiger partial charge in [-0.3, -0.25) is 9.59 Å². The molecule has 0 rings (SSSR count). The summed E-state index contributed by atoms with van der Waals surface area (Å²) < 4.78 is 5.93. The largest absolute Gasteiger partial charge is 0.462 e. The molecule has 1 amide bonds. The van der Waals surface area contributed by atoms with Crippen LogP contribution in [0.5, 0.6) is 0 Å². The summed E-state index contributed by atoms with van der Waals surface area (Å²) in [7, 11) is 0. The minimum absolute atomic E-state index is 0.0701. The summed E-state index contributed by atoms with van der Waals surface area (Å²) in [5.41, 5.74) is 0. The molecule has 0 heterocycles. The molecule has 0 bridgehead atoms. The maximum atomic E-state index is 13.2. The van der Waals surface area contributed by atoms with Gasteiger partial charge in [-0.25, -0.2) is 0 Å². The van der Waals surface area contributed by atoms with Gasteiger partial charge in [-0.1, -0.05) is 225 Å². The second kappa shape index (κ2) is 49.4. The molecule has 6 nitrogen and oxygen atoms in total. The van der Waals surface area contributed by atoms with E-state index in [1.165, 1.54) is 180 Å². The van der Waals surface area contributed by atoms with E-state index in [1.54, 1.807) is 0 Å². The summed E-state index contributed by atoms with van der Waals surface area (Å²) in [6.45, 7) is 6.49. The van der Waals surface area contributed by atoms with E-state index in [-0.39, 0.29) is 24.9 Å². The van der Waals surface area contributed by atoms with Crippen molar-refractivity contribution in [2.45, 2.75) is 309 Å². The van der Waals surface area contributed by atoms with Crippen molar-refractivity contribution in [3.8, 4) is 0 Å². The van der Waals surface area contributed by atoms with Crippen LogP contribution in [-0.2, 0) is 14.3 Å². The minimum Gasteiger partial charge on any atom is -0.462 e. The molecule has 0 saturated carbocycles. The fraction of sp³-hybridized carbons (Fsp3) is 0.891. The Morgan fingerprint density at radius 3 is 1.16 bits per heavy atom. The number of nitrogens with one attached hydrogen (secondary N) is 1. The number of hydrogen-bond acceptors (Lipinski definition) is 5. The highest BCUT2D eigenvalue weighted by Gasteiger charge is 2.24. The number of amides is 1. The van der Waals surface area contributed by atoms with Gasteiger partial charge in [-0.15, -0.1) is 0 Å². The van der Waals surface area contributed by atoms with Crippen LogP contribution in [0.4, 0.5) is 0 Å². The van der Waals surface area contributed by atoms with E-state index in [2.05, 4.69) is 50.4 Å². The first-order valence-electron chi connectivity index (χ1n) is 27.1. The lowest BCUT2D eigenvalue weighted by Crippen LogP contribution is -2.46. The van der Waals surface area contributed by atoms with Crippen LogP contribution in [0.2, 0.25) is 0 Å². The molecule has 0 aliphatic rings. The van der Waals surface area contributed by atoms with Crippen molar-refractivity contribution in [1.82, 2.24) is 5.32 Å². The zero-order chi connectivity index (χ0) is 44.5. The van der Waals surface area contributed by atoms with E-state index in [1.807, 2.05) is 0 Å². The topological polar surface area (TPSA) is 95.9 Å². The van der Waals surface area contributed by atoms with E-state index < -0.39 is 18.2 Å². The molecule has 6 heteroatoms. The minimum atomic E-state index is -0.789. The molecule has 0 saturated heterocycles. The third kappa shape index (κ3) is 44.7. The number of hydrogen-bond donors (Lipinski definition) is 3. The molecular weight excluding hydrogens is 755 g/mol. The van der Waals surface area contributed by atoms with E-state index in [9.17, 15) is 19.8 Å². The Bertz CT molecular complexity index is 966. The Kier molecular flexibility index (Phi) is 48.0. The first-order chi connectivity index (χ1) is 30.0. The Hall–Kier alpha value is -1.66. The van der Waals surface area contributed by atoms with Crippen molar-refractivity contribution < 1.29 is 24.5 Å². The maximum absolute atomic E-state index is 13.2. The van der Waals surface area contributed by atoms with Crippen molar-refractivity contribution >= 4 is 11.9 Å². The lowest BCUT2D eigenvalue weighted by Gasteiger charge is -2.24. The maximum Gasteiger partial charge on any atom is 0.306 e. The van der Waals surface area contributed by atoms with Crippen LogP contribution in [0.3, 0.4) is 0 Å². The van der Waals surface area contributed by atoms with Gasteiger partial charge >= 0.3 is 5.97 Å². The Labute approximate surface area is 380 Å². The third-order valence-electron chi connectivity index (χ3n) is 12.5. The van der Waals surface area contributed by atoms with Crippen LogP contribution in [0.1, 0.15) is 290 Å². The molecule has 360 valence electrons. The molecule has 0 aromatic rings. The third-order valence-corrected chi connectivity index (χ3v) is 12.5. The lowest BCUT2D eigenvalue weighted by atomic mass is 10.0. The van der Waals surface area contributed by atoms with Gasteiger partial charge in [0, 0.05) is 6.42 Å². The number of rotatable bonds is 49. The molecule has 3 N–H and O–H groups in total. The van der Waals surface area contributed by atoms with Gasteiger partial charge in [0.05, 0.1) is 25.2 Å². The number of carbonyl (C=O) groups is 2. The fourth-order valence-electron chi connectivity index (χ4n) is 8.36. The number of carbonyl (C=O) groups excluding carboxylic acids is 2. The predicted octanol–water partition coefficient (Wildman–Crippen LogP) is 16.3. The lowest BCUT2D eigenvalue weighted by molar-refractivity contribution is -0.151. The van der Waals surface area contributed by atoms with Gasteiger partial charge in [0.15, 0.2) is 0 Å². The highest BCUT2D eigenvalue weighted by molar-refractivity contribution is 5.77. The number of ether oxygens (including phenoxy) is 1. The first-order valence-corrected chi connectivity index (χ1v) is 27.1. The molecule has 0 spiro atoms. The van der Waals surface area contributed by atoms with E-state index in [0.717, 1.165) is 64.2 Å². The number of esters is 1. The van der Waals surface area contributed by atoms with Crippen molar-refractivity contribution in [2.75, 3.05) is 6.61 Å². The van der Waals surface area contributed by atoms with E-state index >= 15 is 0 Å². The second-order valence-electron chi connectivity index (χ2n) is 18.6. The molecule has 0 aliphatic heterocycles. The molecule has 0 fully saturated rings. The zero-order valence-electron chi connectivity index (χ0n) is 41.1. The summed E-state index contributed by atoms with van der Waals surface area (Å²) in [6.07, 6.45) is 56.6. The van der Waals surface area contributed by atoms with Crippen LogP contribution in [-0.4, -0.2) is 46.9 Å². The number of allylic oxidation sites excluding steroid dienone is 4. The van der Waals surface area contributed by atoms with Crippen molar-refractivity contribution in [1.29, 1.82) is 0 Å². The number of unbranched alkanes of at least 4 members (excludes halogenated alkanes) is 33. The van der Waals surface area contributed by atoms with Crippen LogP contribution >= 0.6 is 0 Å². The van der Waals surface area contributed by atoms with Gasteiger partial charge in [0.2, 0.25) is 5.91 Å². The first kappa shape index (κ1) is 59.3. The normalized spacial score (nSPS) is 13.3. The van der Waals surface area contributed by atoms with Gasteiger partial charge in [-0.05, 0) is 77.0 Å². The SMILES string of the molecule is CCCCCCCC/C=C/CCCCCCCC(CC(=O)NC(CO)C(O)CCCCCCCCCCCCCCC)OC(=O)CCCCC/C=C\CCCCCCCCC. The Balaban J connectivity index is 4.59. The molecule has 0 aliphatic carbocycles. The summed E-state index contributed by atoms with van der Waals surface area (Å²) in [5, 5.41) is 23.8. The molecule has 3 unspecified atom stereocenters. The summed E-state index contributed by atoms with van der Waals surface area (Å²) in [4.78, 5) is 26.2. The van der Waals surface area contributed by atoms with Crippen LogP contribution in [0.15, 0.2) is 24.3 Å². The highest BCUT2D eigenvalue weighted by Crippen LogP contribution is 2.18. The van der Waals surface area contributed by atoms with E-state index in [4.69, 9.17) is 4.74 Å². The number of aliphatic hydroxyl groups excluding tert-OH is 2. The monoisotopic (exact) mass is 860 g/mol. The molecule has 0 aromatic carbocycles.